The molecule has 4 aromatic rings. The van der Waals surface area contributed by atoms with Gasteiger partial charge in [-0.3, -0.25) is 9.59 Å². The Morgan fingerprint density at radius 1 is 0.608 bits per heavy atom. The van der Waals surface area contributed by atoms with Crippen molar-refractivity contribution in [2.75, 3.05) is 26.2 Å². The molecule has 2 aliphatic rings. The van der Waals surface area contributed by atoms with Crippen LogP contribution in [0, 0.1) is 0 Å². The van der Waals surface area contributed by atoms with Gasteiger partial charge in [-0.15, -0.1) is 0 Å². The lowest BCUT2D eigenvalue weighted by molar-refractivity contribution is -0.126. The first-order valence-electron chi connectivity index (χ1n) is 16.1. The number of hydrogen-bond donors (Lipinski definition) is 0. The molecule has 0 bridgehead atoms. The monoisotopic (exact) mass is 900 g/mol. The minimum absolute atomic E-state index is 0.102. The third-order valence-electron chi connectivity index (χ3n) is 8.44. The number of rotatable bonds is 8. The Labute approximate surface area is 339 Å². The van der Waals surface area contributed by atoms with Gasteiger partial charge < -0.3 is 9.80 Å². The second kappa shape index (κ2) is 17.4. The van der Waals surface area contributed by atoms with Gasteiger partial charge in [-0.05, 0) is 83.6 Å². The number of carbonyl (C=O) groups excluding carboxylic acids is 2. The fourth-order valence-corrected chi connectivity index (χ4v) is 8.78. The smallest absolute Gasteiger partial charge is 0.246 e. The van der Waals surface area contributed by atoms with Crippen molar-refractivity contribution in [3.05, 3.63) is 137 Å². The molecule has 0 spiro atoms. The fraction of sp³-hybridized carbons (Fsp3) is 0.150. The molecule has 0 radical (unpaired) electrons. The maximum atomic E-state index is 13.1. The van der Waals surface area contributed by atoms with Gasteiger partial charge >= 0.3 is 0 Å². The molecule has 2 amide bonds. The number of amides is 2. The van der Waals surface area contributed by atoms with E-state index in [0.29, 0.717) is 67.2 Å². The van der Waals surface area contributed by atoms with Gasteiger partial charge in [-0.25, -0.2) is 0 Å². The van der Waals surface area contributed by atoms with E-state index in [-0.39, 0.29) is 11.8 Å². The topological polar surface area (TPSA) is 40.6 Å². The van der Waals surface area contributed by atoms with Crippen molar-refractivity contribution in [2.24, 2.45) is 0 Å². The van der Waals surface area contributed by atoms with E-state index < -0.39 is 0 Å². The highest BCUT2D eigenvalue weighted by atomic mass is 79.9. The number of carbonyl (C=O) groups is 2. The Morgan fingerprint density at radius 3 is 1.41 bits per heavy atom. The van der Waals surface area contributed by atoms with Crippen molar-refractivity contribution in [1.29, 1.82) is 0 Å². The van der Waals surface area contributed by atoms with Crippen LogP contribution in [0.25, 0.3) is 34.4 Å². The quantitative estimate of drug-likeness (QED) is 0.131. The van der Waals surface area contributed by atoms with Gasteiger partial charge in [0.15, 0.2) is 0 Å². The number of halogens is 6. The molecule has 0 atom stereocenters. The van der Waals surface area contributed by atoms with Crippen LogP contribution >= 0.6 is 90.0 Å². The van der Waals surface area contributed by atoms with Crippen molar-refractivity contribution in [1.82, 2.24) is 9.80 Å². The highest BCUT2D eigenvalue weighted by molar-refractivity contribution is 9.10. The Kier molecular flexibility index (Phi) is 12.9. The molecule has 260 valence electrons. The molecule has 2 heterocycles. The largest absolute Gasteiger partial charge is 0.335 e. The molecule has 0 fully saturated rings. The van der Waals surface area contributed by atoms with Crippen LogP contribution < -0.4 is 0 Å². The summed E-state index contributed by atoms with van der Waals surface area (Å²) in [7, 11) is 0. The lowest BCUT2D eigenvalue weighted by Crippen LogP contribution is -2.32. The molecule has 2 aliphatic heterocycles. The summed E-state index contributed by atoms with van der Waals surface area (Å²) in [5, 5.41) is 1.24. The van der Waals surface area contributed by atoms with Crippen molar-refractivity contribution >= 4 is 114 Å². The van der Waals surface area contributed by atoms with Crippen molar-refractivity contribution in [3.8, 4) is 22.3 Å². The second-order valence-corrected chi connectivity index (χ2v) is 16.2. The molecule has 0 N–H and O–H groups in total. The molecule has 6 rings (SSSR count). The Balaban J connectivity index is 1.43. The minimum Gasteiger partial charge on any atom is -0.335 e. The lowest BCUT2D eigenvalue weighted by Gasteiger charge is -2.22. The molecule has 0 aromatic heterocycles. The van der Waals surface area contributed by atoms with Crippen molar-refractivity contribution < 1.29 is 9.59 Å². The van der Waals surface area contributed by atoms with Gasteiger partial charge in [-0.1, -0.05) is 139 Å². The van der Waals surface area contributed by atoms with Crippen LogP contribution in [0.15, 0.2) is 116 Å². The molecule has 0 aliphatic carbocycles. The standard InChI is InChI=1S/C40H30Br2Cl4N2O2S/c41-27-11-7-9-25(21-27)31-23-33(39(45)37(43)29(31)13-15-35(49)47-17-3-1-4-18-47)51-34-24-32(26-10-8-12-28(42)22-26)30(38(44)40(34)46)14-16-36(50)48-19-5-2-6-20-48/h1-3,5,7-16,21-24H,4,6,17-20H2. The number of hydrogen-bond acceptors (Lipinski definition) is 3. The van der Waals surface area contributed by atoms with E-state index in [0.717, 1.165) is 44.0 Å². The average Bonchev–Trinajstić information content (AvgIpc) is 3.14. The van der Waals surface area contributed by atoms with Crippen molar-refractivity contribution in [2.45, 2.75) is 22.6 Å². The van der Waals surface area contributed by atoms with Crippen LogP contribution in [0.4, 0.5) is 0 Å². The van der Waals surface area contributed by atoms with E-state index in [1.165, 1.54) is 11.8 Å². The zero-order chi connectivity index (χ0) is 36.1. The summed E-state index contributed by atoms with van der Waals surface area (Å²) >= 11 is 36.7. The van der Waals surface area contributed by atoms with Crippen LogP contribution in [-0.4, -0.2) is 47.8 Å². The van der Waals surface area contributed by atoms with Crippen LogP contribution in [0.3, 0.4) is 0 Å². The summed E-state index contributed by atoms with van der Waals surface area (Å²) < 4.78 is 1.78. The molecular formula is C40H30Br2Cl4N2O2S. The average molecular weight is 904 g/mol. The normalized spacial score (nSPS) is 14.6. The highest BCUT2D eigenvalue weighted by Crippen LogP contribution is 2.49. The summed E-state index contributed by atoms with van der Waals surface area (Å²) in [5.74, 6) is -0.203. The van der Waals surface area contributed by atoms with Gasteiger partial charge in [0.25, 0.3) is 0 Å². The van der Waals surface area contributed by atoms with Gasteiger partial charge in [0, 0.05) is 68.2 Å². The summed E-state index contributed by atoms with van der Waals surface area (Å²) in [6.45, 7) is 2.46. The Hall–Kier alpha value is -2.75. The first kappa shape index (κ1) is 38.0. The van der Waals surface area contributed by atoms with E-state index in [2.05, 4.69) is 44.0 Å². The SMILES string of the molecule is O=C(C=Cc1c(-c2cccc(Br)c2)cc(Sc2cc(-c3cccc(Br)c3)c(C=CC(=O)N3CC=CCC3)c(Cl)c2Cl)c(Cl)c1Cl)N1CC=CCC1. The number of nitrogens with zero attached hydrogens (tertiary/aromatic N) is 2. The molecule has 4 aromatic carbocycles. The first-order chi connectivity index (χ1) is 24.6. The van der Waals surface area contributed by atoms with E-state index in [1.807, 2.05) is 72.8 Å². The van der Waals surface area contributed by atoms with E-state index in [4.69, 9.17) is 46.4 Å². The van der Waals surface area contributed by atoms with Gasteiger partial charge in [-0.2, -0.15) is 0 Å². The molecule has 4 nitrogen and oxygen atoms in total. The highest BCUT2D eigenvalue weighted by Gasteiger charge is 2.22. The Morgan fingerprint density at radius 2 is 1.04 bits per heavy atom. The third kappa shape index (κ3) is 9.08. The molecule has 11 heteroatoms. The molecular weight excluding hydrogens is 874 g/mol. The van der Waals surface area contributed by atoms with Gasteiger partial charge in [0.05, 0.1) is 20.1 Å². The maximum absolute atomic E-state index is 13.1. The zero-order valence-corrected chi connectivity index (χ0v) is 34.0. The predicted octanol–water partition coefficient (Wildman–Crippen LogP) is 12.9. The predicted molar refractivity (Wildman–Crippen MR) is 222 cm³/mol. The van der Waals surface area contributed by atoms with Gasteiger partial charge in [0.2, 0.25) is 11.8 Å². The van der Waals surface area contributed by atoms with E-state index >= 15 is 0 Å². The van der Waals surface area contributed by atoms with E-state index in [1.54, 1.807) is 34.1 Å². The minimum atomic E-state index is -0.102. The molecule has 0 unspecified atom stereocenters. The summed E-state index contributed by atoms with van der Waals surface area (Å²) in [4.78, 5) is 31.0. The van der Waals surface area contributed by atoms with Crippen LogP contribution in [-0.2, 0) is 9.59 Å². The first-order valence-corrected chi connectivity index (χ1v) is 20.0. The third-order valence-corrected chi connectivity index (χ3v) is 12.5. The molecule has 51 heavy (non-hydrogen) atoms. The summed E-state index contributed by atoms with van der Waals surface area (Å²) in [6, 6.07) is 19.6. The maximum Gasteiger partial charge on any atom is 0.246 e. The molecule has 0 saturated heterocycles. The second-order valence-electron chi connectivity index (χ2n) is 11.8. The number of benzene rings is 4. The van der Waals surface area contributed by atoms with Crippen LogP contribution in [0.1, 0.15) is 24.0 Å². The molecule has 0 saturated carbocycles. The van der Waals surface area contributed by atoms with Crippen molar-refractivity contribution in [3.63, 3.8) is 0 Å². The lowest BCUT2D eigenvalue weighted by atomic mass is 9.99. The zero-order valence-electron chi connectivity index (χ0n) is 27.0. The fourth-order valence-electron chi connectivity index (χ4n) is 5.82. The summed E-state index contributed by atoms with van der Waals surface area (Å²) in [5.41, 5.74) is 4.58. The van der Waals surface area contributed by atoms with E-state index in [9.17, 15) is 9.59 Å². The van der Waals surface area contributed by atoms with Crippen LogP contribution in [0.5, 0.6) is 0 Å². The van der Waals surface area contributed by atoms with Crippen LogP contribution in [0.2, 0.25) is 20.1 Å². The summed E-state index contributed by atoms with van der Waals surface area (Å²) in [6.07, 6.45) is 16.3. The Bertz CT molecular complexity index is 1980. The van der Waals surface area contributed by atoms with Gasteiger partial charge in [0.1, 0.15) is 0 Å².